The number of carbonyl (C=O) groups is 1. The fourth-order valence-electron chi connectivity index (χ4n) is 4.30. The maximum atomic E-state index is 13.2. The van der Waals surface area contributed by atoms with Crippen molar-refractivity contribution < 1.29 is 36.2 Å². The number of sulfone groups is 1. The van der Waals surface area contributed by atoms with E-state index in [4.69, 9.17) is 4.74 Å². The fraction of sp³-hybridized carbons (Fsp3) is 0.280. The maximum absolute atomic E-state index is 13.2. The molecule has 12 heteroatoms. The number of likely N-dealkylation sites (tertiary alicyclic amines) is 1. The number of alkyl halides is 3. The molecular weight excluding hydrogens is 513 g/mol. The lowest BCUT2D eigenvalue weighted by Gasteiger charge is -2.38. The lowest BCUT2D eigenvalue weighted by atomic mass is 9.92. The van der Waals surface area contributed by atoms with Gasteiger partial charge in [0.25, 0.3) is 5.56 Å². The highest BCUT2D eigenvalue weighted by atomic mass is 32.2. The van der Waals surface area contributed by atoms with Gasteiger partial charge in [0.1, 0.15) is 11.9 Å². The zero-order valence-corrected chi connectivity index (χ0v) is 20.4. The number of amides is 1. The van der Waals surface area contributed by atoms with Gasteiger partial charge in [0.15, 0.2) is 9.84 Å². The Morgan fingerprint density at radius 3 is 2.38 bits per heavy atom. The minimum atomic E-state index is -4.57. The molecule has 0 aliphatic carbocycles. The lowest BCUT2D eigenvalue weighted by molar-refractivity contribution is -0.137. The summed E-state index contributed by atoms with van der Waals surface area (Å²) in [5.41, 5.74) is -0.657. The van der Waals surface area contributed by atoms with E-state index in [0.717, 1.165) is 23.3 Å². The summed E-state index contributed by atoms with van der Waals surface area (Å²) < 4.78 is 70.1. The maximum Gasteiger partial charge on any atom is 0.416 e. The van der Waals surface area contributed by atoms with Crippen LogP contribution in [0.4, 0.5) is 18.0 Å². The SMILES string of the molecule is CS(=O)(=O)c1ccc(-n2ccc(OC3CCN(C(=O)O)C(c4cccc(C(F)(F)F)c4)C3)cc2=O)cc1. The van der Waals surface area contributed by atoms with Crippen LogP contribution >= 0.6 is 0 Å². The van der Waals surface area contributed by atoms with Crippen LogP contribution in [0.3, 0.4) is 0 Å². The monoisotopic (exact) mass is 536 g/mol. The predicted molar refractivity (Wildman–Crippen MR) is 128 cm³/mol. The predicted octanol–water partition coefficient (Wildman–Crippen LogP) is 4.52. The Kier molecular flexibility index (Phi) is 7.05. The standard InChI is InChI=1S/C25H23F3N2O6S/c1-37(34,35)21-7-5-18(6-8-21)29-11-9-20(15-23(29)31)36-19-10-12-30(24(32)33)22(14-19)16-3-2-4-17(13-16)25(26,27)28/h2-9,11,13,15,19,22H,10,12,14H2,1H3,(H,32,33). The van der Waals surface area contributed by atoms with Gasteiger partial charge >= 0.3 is 12.3 Å². The summed E-state index contributed by atoms with van der Waals surface area (Å²) in [4.78, 5) is 25.7. The molecule has 1 aliphatic rings. The van der Waals surface area contributed by atoms with Gasteiger partial charge < -0.3 is 14.7 Å². The highest BCUT2D eigenvalue weighted by molar-refractivity contribution is 7.90. The van der Waals surface area contributed by atoms with Gasteiger partial charge in [0.2, 0.25) is 0 Å². The molecule has 3 aromatic rings. The first-order valence-corrected chi connectivity index (χ1v) is 13.1. The number of benzene rings is 2. The summed E-state index contributed by atoms with van der Waals surface area (Å²) in [7, 11) is -3.38. The van der Waals surface area contributed by atoms with E-state index in [1.54, 1.807) is 0 Å². The number of carboxylic acid groups (broad SMARTS) is 1. The first-order chi connectivity index (χ1) is 17.3. The van der Waals surface area contributed by atoms with Crippen molar-refractivity contribution in [2.45, 2.75) is 36.1 Å². The van der Waals surface area contributed by atoms with E-state index in [-0.39, 0.29) is 35.6 Å². The number of hydrogen-bond donors (Lipinski definition) is 1. The van der Waals surface area contributed by atoms with Crippen LogP contribution in [-0.4, -0.2) is 48.0 Å². The van der Waals surface area contributed by atoms with Gasteiger partial charge in [-0.05, 0) is 48.0 Å². The minimum Gasteiger partial charge on any atom is -0.490 e. The van der Waals surface area contributed by atoms with E-state index in [2.05, 4.69) is 0 Å². The fourth-order valence-corrected chi connectivity index (χ4v) is 4.93. The summed E-state index contributed by atoms with van der Waals surface area (Å²) in [5, 5.41) is 9.60. The van der Waals surface area contributed by atoms with E-state index < -0.39 is 45.4 Å². The average molecular weight is 537 g/mol. The average Bonchev–Trinajstić information content (AvgIpc) is 2.83. The zero-order chi connectivity index (χ0) is 27.0. The first kappa shape index (κ1) is 26.3. The second-order valence-corrected chi connectivity index (χ2v) is 10.7. The lowest BCUT2D eigenvalue weighted by Crippen LogP contribution is -2.43. The third-order valence-electron chi connectivity index (χ3n) is 6.14. The molecule has 2 heterocycles. The molecule has 0 spiro atoms. The molecule has 0 bridgehead atoms. The summed E-state index contributed by atoms with van der Waals surface area (Å²) >= 11 is 0. The Hall–Kier alpha value is -3.80. The van der Waals surface area contributed by atoms with E-state index in [9.17, 15) is 36.3 Å². The largest absolute Gasteiger partial charge is 0.490 e. The van der Waals surface area contributed by atoms with Crippen molar-refractivity contribution in [2.75, 3.05) is 12.8 Å². The second kappa shape index (κ2) is 9.92. The molecule has 1 aliphatic heterocycles. The Bertz CT molecular complexity index is 1470. The number of halogens is 3. The van der Waals surface area contributed by atoms with Crippen molar-refractivity contribution in [2.24, 2.45) is 0 Å². The quantitative estimate of drug-likeness (QED) is 0.514. The summed E-state index contributed by atoms with van der Waals surface area (Å²) in [5.74, 6) is 0.227. The topological polar surface area (TPSA) is 106 Å². The Morgan fingerprint density at radius 2 is 1.78 bits per heavy atom. The van der Waals surface area contributed by atoms with Crippen molar-refractivity contribution in [3.05, 3.63) is 88.3 Å². The van der Waals surface area contributed by atoms with E-state index >= 15 is 0 Å². The van der Waals surface area contributed by atoms with Crippen molar-refractivity contribution in [1.82, 2.24) is 9.47 Å². The molecule has 2 unspecified atom stereocenters. The Labute approximate surface area is 210 Å². The molecule has 2 atom stereocenters. The van der Waals surface area contributed by atoms with Crippen molar-refractivity contribution in [1.29, 1.82) is 0 Å². The van der Waals surface area contributed by atoms with E-state index in [1.807, 2.05) is 0 Å². The number of hydrogen-bond acceptors (Lipinski definition) is 5. The number of piperidine rings is 1. The number of ether oxygens (including phenoxy) is 1. The highest BCUT2D eigenvalue weighted by Crippen LogP contribution is 2.36. The second-order valence-electron chi connectivity index (χ2n) is 8.72. The van der Waals surface area contributed by atoms with Crippen LogP contribution in [0.25, 0.3) is 5.69 Å². The van der Waals surface area contributed by atoms with Gasteiger partial charge in [-0.3, -0.25) is 9.36 Å². The number of pyridine rings is 1. The molecule has 1 aromatic heterocycles. The first-order valence-electron chi connectivity index (χ1n) is 11.2. The van der Waals surface area contributed by atoms with Crippen LogP contribution in [-0.2, 0) is 16.0 Å². The molecule has 0 radical (unpaired) electrons. The van der Waals surface area contributed by atoms with Gasteiger partial charge in [-0.1, -0.05) is 12.1 Å². The summed E-state index contributed by atoms with van der Waals surface area (Å²) in [6, 6.07) is 12.3. The third kappa shape index (κ3) is 5.96. The zero-order valence-electron chi connectivity index (χ0n) is 19.6. The smallest absolute Gasteiger partial charge is 0.416 e. The van der Waals surface area contributed by atoms with Crippen LogP contribution in [0.5, 0.6) is 5.75 Å². The molecule has 1 fully saturated rings. The molecule has 0 saturated carbocycles. The van der Waals surface area contributed by atoms with Gasteiger partial charge in [0, 0.05) is 43.6 Å². The van der Waals surface area contributed by atoms with Gasteiger partial charge in [-0.15, -0.1) is 0 Å². The van der Waals surface area contributed by atoms with Crippen molar-refractivity contribution in [3.63, 3.8) is 0 Å². The van der Waals surface area contributed by atoms with Crippen molar-refractivity contribution >= 4 is 15.9 Å². The molecule has 1 amide bonds. The summed E-state index contributed by atoms with van der Waals surface area (Å²) in [6.45, 7) is 0.0463. The van der Waals surface area contributed by atoms with Crippen LogP contribution in [0.15, 0.2) is 76.6 Å². The molecule has 8 nitrogen and oxygen atoms in total. The van der Waals surface area contributed by atoms with E-state index in [1.165, 1.54) is 59.3 Å². The minimum absolute atomic E-state index is 0.0463. The van der Waals surface area contributed by atoms with Crippen LogP contribution in [0.1, 0.15) is 30.0 Å². The molecule has 1 N–H and O–H groups in total. The van der Waals surface area contributed by atoms with Crippen LogP contribution in [0.2, 0.25) is 0 Å². The molecular formula is C25H23F3N2O6S. The van der Waals surface area contributed by atoms with Crippen LogP contribution < -0.4 is 10.3 Å². The van der Waals surface area contributed by atoms with Gasteiger partial charge in [-0.25, -0.2) is 13.2 Å². The number of rotatable bonds is 5. The molecule has 4 rings (SSSR count). The molecule has 196 valence electrons. The normalized spacial score (nSPS) is 18.4. The van der Waals surface area contributed by atoms with Crippen LogP contribution in [0, 0.1) is 0 Å². The molecule has 37 heavy (non-hydrogen) atoms. The molecule has 2 aromatic carbocycles. The third-order valence-corrected chi connectivity index (χ3v) is 7.26. The number of aromatic nitrogens is 1. The molecule has 1 saturated heterocycles. The number of nitrogens with zero attached hydrogens (tertiary/aromatic N) is 2. The Morgan fingerprint density at radius 1 is 1.08 bits per heavy atom. The van der Waals surface area contributed by atoms with E-state index in [0.29, 0.717) is 5.69 Å². The van der Waals surface area contributed by atoms with Gasteiger partial charge in [0.05, 0.1) is 16.5 Å². The Balaban J connectivity index is 1.54. The van der Waals surface area contributed by atoms with Crippen molar-refractivity contribution in [3.8, 4) is 11.4 Å². The van der Waals surface area contributed by atoms with Gasteiger partial charge in [-0.2, -0.15) is 13.2 Å². The summed E-state index contributed by atoms with van der Waals surface area (Å²) in [6.07, 6.45) is -3.42. The highest BCUT2D eigenvalue weighted by Gasteiger charge is 2.36.